The molecule has 194 valence electrons. The molecule has 1 aliphatic heterocycles. The Morgan fingerprint density at radius 3 is 2.19 bits per heavy atom. The summed E-state index contributed by atoms with van der Waals surface area (Å²) >= 11 is 0. The predicted octanol–water partition coefficient (Wildman–Crippen LogP) is 5.26. The van der Waals surface area contributed by atoms with Gasteiger partial charge in [0, 0.05) is 42.6 Å². The van der Waals surface area contributed by atoms with Crippen molar-refractivity contribution < 1.29 is 23.5 Å². The van der Waals surface area contributed by atoms with E-state index in [0.29, 0.717) is 34.2 Å². The number of hydrogen-bond acceptors (Lipinski definition) is 5. The van der Waals surface area contributed by atoms with Gasteiger partial charge in [0.1, 0.15) is 17.3 Å². The van der Waals surface area contributed by atoms with Crippen molar-refractivity contribution in [1.29, 1.82) is 0 Å². The molecule has 3 aromatic rings. The Morgan fingerprint density at radius 1 is 0.919 bits per heavy atom. The van der Waals surface area contributed by atoms with E-state index in [-0.39, 0.29) is 24.2 Å². The number of halogens is 1. The van der Waals surface area contributed by atoms with Gasteiger partial charge in [-0.15, -0.1) is 0 Å². The van der Waals surface area contributed by atoms with Crippen molar-refractivity contribution in [3.63, 3.8) is 0 Å². The van der Waals surface area contributed by atoms with Crippen LogP contribution in [0.5, 0.6) is 11.5 Å². The average molecular weight is 506 g/mol. The first kappa shape index (κ1) is 26.0. The minimum Gasteiger partial charge on any atom is -0.497 e. The number of anilines is 2. The number of carbonyl (C=O) groups excluding carboxylic acids is 2. The van der Waals surface area contributed by atoms with Gasteiger partial charge in [-0.1, -0.05) is 19.1 Å². The van der Waals surface area contributed by atoms with Crippen LogP contribution in [0.25, 0.3) is 0 Å². The normalized spacial score (nSPS) is 13.7. The summed E-state index contributed by atoms with van der Waals surface area (Å²) in [5.41, 5.74) is 2.95. The van der Waals surface area contributed by atoms with Crippen LogP contribution in [-0.4, -0.2) is 39.1 Å². The van der Waals surface area contributed by atoms with Crippen LogP contribution in [0.1, 0.15) is 46.0 Å². The van der Waals surface area contributed by atoms with E-state index in [9.17, 15) is 14.0 Å². The summed E-state index contributed by atoms with van der Waals surface area (Å²) in [4.78, 5) is 28.6. The predicted molar refractivity (Wildman–Crippen MR) is 142 cm³/mol. The Bertz CT molecular complexity index is 1230. The molecule has 1 saturated heterocycles. The summed E-state index contributed by atoms with van der Waals surface area (Å²) in [6.45, 7) is 4.21. The van der Waals surface area contributed by atoms with Gasteiger partial charge in [0.15, 0.2) is 0 Å². The number of nitrogens with one attached hydrogen (secondary N) is 2. The Morgan fingerprint density at radius 2 is 1.57 bits per heavy atom. The number of benzene rings is 3. The molecule has 0 bridgehead atoms. The van der Waals surface area contributed by atoms with Crippen LogP contribution in [-0.2, 0) is 6.54 Å². The lowest BCUT2D eigenvalue weighted by Gasteiger charge is -2.33. The molecular weight excluding hydrogens is 473 g/mol. The number of piperidine rings is 1. The molecule has 2 N–H and O–H groups in total. The van der Waals surface area contributed by atoms with Crippen LogP contribution >= 0.6 is 0 Å². The second-order valence-corrected chi connectivity index (χ2v) is 9.27. The lowest BCUT2D eigenvalue weighted by atomic mass is 9.97. The topological polar surface area (TPSA) is 79.9 Å². The number of amides is 2. The lowest BCUT2D eigenvalue weighted by molar-refractivity contribution is 0.0950. The van der Waals surface area contributed by atoms with Crippen LogP contribution in [0, 0.1) is 11.7 Å². The third-order valence-electron chi connectivity index (χ3n) is 6.60. The Hall–Kier alpha value is -4.07. The van der Waals surface area contributed by atoms with Gasteiger partial charge in [-0.25, -0.2) is 4.39 Å². The molecule has 1 fully saturated rings. The summed E-state index contributed by atoms with van der Waals surface area (Å²) in [6.07, 6.45) is 2.10. The molecule has 1 heterocycles. The van der Waals surface area contributed by atoms with Crippen molar-refractivity contribution >= 4 is 23.2 Å². The number of rotatable bonds is 8. The first-order valence-electron chi connectivity index (χ1n) is 12.3. The number of nitrogens with zero attached hydrogens (tertiary/aromatic N) is 1. The molecular formula is C29H32FN3O4. The van der Waals surface area contributed by atoms with Gasteiger partial charge in [0.25, 0.3) is 11.8 Å². The van der Waals surface area contributed by atoms with Crippen molar-refractivity contribution in [3.05, 3.63) is 83.2 Å². The van der Waals surface area contributed by atoms with Crippen LogP contribution in [0.3, 0.4) is 0 Å². The van der Waals surface area contributed by atoms with Gasteiger partial charge in [-0.05, 0) is 66.8 Å². The van der Waals surface area contributed by atoms with Gasteiger partial charge in [-0.2, -0.15) is 0 Å². The van der Waals surface area contributed by atoms with Gasteiger partial charge in [0.05, 0.1) is 19.8 Å². The van der Waals surface area contributed by atoms with Gasteiger partial charge in [-0.3, -0.25) is 9.59 Å². The first-order valence-corrected chi connectivity index (χ1v) is 12.3. The number of carbonyl (C=O) groups is 2. The minimum atomic E-state index is -0.352. The maximum Gasteiger partial charge on any atom is 0.255 e. The molecule has 0 spiro atoms. The van der Waals surface area contributed by atoms with Crippen molar-refractivity contribution in [2.45, 2.75) is 26.3 Å². The highest BCUT2D eigenvalue weighted by Crippen LogP contribution is 2.30. The van der Waals surface area contributed by atoms with Crippen molar-refractivity contribution in [3.8, 4) is 11.5 Å². The fraction of sp³-hybridized carbons (Fsp3) is 0.310. The number of methoxy groups -OCH3 is 2. The van der Waals surface area contributed by atoms with E-state index in [0.717, 1.165) is 37.2 Å². The van der Waals surface area contributed by atoms with E-state index in [1.54, 1.807) is 42.5 Å². The molecule has 0 saturated carbocycles. The minimum absolute atomic E-state index is 0.260. The standard InChI is InChI=1S/C29H32FN3O4/c1-19-10-12-33(13-11-19)27-9-8-23(32-28(34)21-14-24(36-2)17-25(15-21)37-3)16-26(27)29(35)31-18-20-4-6-22(30)7-5-20/h4-9,14-17,19H,10-13,18H2,1-3H3,(H,31,35)(H,32,34). The average Bonchev–Trinajstić information content (AvgIpc) is 2.92. The smallest absolute Gasteiger partial charge is 0.255 e. The highest BCUT2D eigenvalue weighted by atomic mass is 19.1. The SMILES string of the molecule is COc1cc(OC)cc(C(=O)Nc2ccc(N3CCC(C)CC3)c(C(=O)NCc3ccc(F)cc3)c2)c1. The quantitative estimate of drug-likeness (QED) is 0.437. The molecule has 0 aromatic heterocycles. The molecule has 0 atom stereocenters. The number of hydrogen-bond donors (Lipinski definition) is 2. The molecule has 0 aliphatic carbocycles. The summed E-state index contributed by atoms with van der Waals surface area (Å²) in [7, 11) is 3.04. The van der Waals surface area contributed by atoms with E-state index in [2.05, 4.69) is 22.5 Å². The van der Waals surface area contributed by atoms with Gasteiger partial charge < -0.3 is 25.0 Å². The third kappa shape index (κ3) is 6.58. The molecule has 2 amide bonds. The van der Waals surface area contributed by atoms with Crippen LogP contribution in [0.15, 0.2) is 60.7 Å². The molecule has 4 rings (SSSR count). The Kier molecular flexibility index (Phi) is 8.28. The van der Waals surface area contributed by atoms with Crippen LogP contribution in [0.2, 0.25) is 0 Å². The molecule has 8 heteroatoms. The van der Waals surface area contributed by atoms with E-state index in [1.165, 1.54) is 26.4 Å². The van der Waals surface area contributed by atoms with Crippen LogP contribution in [0.4, 0.5) is 15.8 Å². The first-order chi connectivity index (χ1) is 17.9. The maximum atomic E-state index is 13.3. The third-order valence-corrected chi connectivity index (χ3v) is 6.60. The highest BCUT2D eigenvalue weighted by molar-refractivity contribution is 6.06. The second kappa shape index (κ2) is 11.8. The van der Waals surface area contributed by atoms with E-state index >= 15 is 0 Å². The van der Waals surface area contributed by atoms with Crippen molar-refractivity contribution in [1.82, 2.24) is 5.32 Å². The monoisotopic (exact) mass is 505 g/mol. The molecule has 1 aliphatic rings. The molecule has 3 aromatic carbocycles. The second-order valence-electron chi connectivity index (χ2n) is 9.27. The zero-order valence-corrected chi connectivity index (χ0v) is 21.3. The maximum absolute atomic E-state index is 13.3. The Labute approximate surface area is 216 Å². The lowest BCUT2D eigenvalue weighted by Crippen LogP contribution is -2.35. The van der Waals surface area contributed by atoms with Gasteiger partial charge in [0.2, 0.25) is 0 Å². The van der Waals surface area contributed by atoms with E-state index in [4.69, 9.17) is 9.47 Å². The molecule has 7 nitrogen and oxygen atoms in total. The molecule has 0 unspecified atom stereocenters. The van der Waals surface area contributed by atoms with E-state index < -0.39 is 0 Å². The largest absolute Gasteiger partial charge is 0.497 e. The fourth-order valence-corrected chi connectivity index (χ4v) is 4.34. The van der Waals surface area contributed by atoms with Crippen molar-refractivity contribution in [2.24, 2.45) is 5.92 Å². The van der Waals surface area contributed by atoms with Crippen molar-refractivity contribution in [2.75, 3.05) is 37.5 Å². The summed E-state index contributed by atoms with van der Waals surface area (Å²) in [5, 5.41) is 5.81. The molecule has 0 radical (unpaired) electrons. The van der Waals surface area contributed by atoms with E-state index in [1.807, 2.05) is 6.07 Å². The summed E-state index contributed by atoms with van der Waals surface area (Å²) < 4.78 is 23.8. The number of ether oxygens (including phenoxy) is 2. The van der Waals surface area contributed by atoms with Gasteiger partial charge >= 0.3 is 0 Å². The zero-order valence-electron chi connectivity index (χ0n) is 21.3. The van der Waals surface area contributed by atoms with Crippen LogP contribution < -0.4 is 25.0 Å². The molecule has 37 heavy (non-hydrogen) atoms. The Balaban J connectivity index is 1.58. The highest BCUT2D eigenvalue weighted by Gasteiger charge is 2.22. The summed E-state index contributed by atoms with van der Waals surface area (Å²) in [5.74, 6) is 0.700. The summed E-state index contributed by atoms with van der Waals surface area (Å²) in [6, 6.07) is 16.3. The fourth-order valence-electron chi connectivity index (χ4n) is 4.34. The zero-order chi connectivity index (χ0) is 26.4.